The van der Waals surface area contributed by atoms with E-state index in [1.165, 1.54) is 0 Å². The Balaban J connectivity index is 1.52. The zero-order valence-electron chi connectivity index (χ0n) is 17.0. The molecule has 29 heavy (non-hydrogen) atoms. The number of carbonyl (C=O) groups is 1. The Kier molecular flexibility index (Phi) is 5.56. The quantitative estimate of drug-likeness (QED) is 0.688. The van der Waals surface area contributed by atoms with Gasteiger partial charge >= 0.3 is 0 Å². The number of aryl methyl sites for hydroxylation is 2. The molecule has 1 aromatic heterocycles. The van der Waals surface area contributed by atoms with Crippen LogP contribution in [0, 0.1) is 13.8 Å². The van der Waals surface area contributed by atoms with Crippen molar-refractivity contribution in [2.24, 2.45) is 0 Å². The Morgan fingerprint density at radius 3 is 1.90 bits per heavy atom. The second-order valence-corrected chi connectivity index (χ2v) is 7.48. The number of benzene rings is 2. The lowest BCUT2D eigenvalue weighted by Gasteiger charge is -2.37. The number of aromatic nitrogens is 2. The minimum absolute atomic E-state index is 0.164. The Labute approximate surface area is 172 Å². The number of piperazine rings is 1. The van der Waals surface area contributed by atoms with Crippen molar-refractivity contribution in [3.8, 4) is 0 Å². The van der Waals surface area contributed by atoms with Crippen molar-refractivity contribution >= 4 is 11.7 Å². The minimum atomic E-state index is -0.271. The van der Waals surface area contributed by atoms with E-state index in [0.717, 1.165) is 41.6 Å². The molecule has 1 aliphatic heterocycles. The van der Waals surface area contributed by atoms with Crippen LogP contribution in [0.1, 0.15) is 28.6 Å². The number of hydrogen-bond donors (Lipinski definition) is 0. The number of amides is 1. The molecule has 0 unspecified atom stereocenters. The van der Waals surface area contributed by atoms with E-state index in [1.54, 1.807) is 0 Å². The largest absolute Gasteiger partial charge is 0.353 e. The highest BCUT2D eigenvalue weighted by Gasteiger charge is 2.30. The summed E-state index contributed by atoms with van der Waals surface area (Å²) in [4.78, 5) is 26.7. The molecule has 0 saturated carbocycles. The molecule has 2 heterocycles. The van der Waals surface area contributed by atoms with E-state index in [0.29, 0.717) is 13.1 Å². The van der Waals surface area contributed by atoms with Gasteiger partial charge in [-0.15, -0.1) is 0 Å². The summed E-state index contributed by atoms with van der Waals surface area (Å²) >= 11 is 0. The molecule has 3 aromatic rings. The molecule has 2 aromatic carbocycles. The molecule has 1 saturated heterocycles. The standard InChI is InChI=1S/C24H26N4O/c1-18-17-22(26-19(2)25-18)27-13-15-28(16-14-27)24(29)23(20-9-5-3-6-10-20)21-11-7-4-8-12-21/h3-12,17,23H,13-16H2,1-2H3. The average molecular weight is 386 g/mol. The number of rotatable bonds is 4. The highest BCUT2D eigenvalue weighted by Crippen LogP contribution is 2.27. The third-order valence-corrected chi connectivity index (χ3v) is 5.38. The molecule has 0 bridgehead atoms. The fraction of sp³-hybridized carbons (Fsp3) is 0.292. The molecule has 0 aliphatic carbocycles. The lowest BCUT2D eigenvalue weighted by Crippen LogP contribution is -2.50. The number of anilines is 1. The summed E-state index contributed by atoms with van der Waals surface area (Å²) in [6, 6.07) is 22.1. The van der Waals surface area contributed by atoms with Gasteiger partial charge in [-0.2, -0.15) is 0 Å². The first kappa shape index (κ1) is 19.1. The maximum absolute atomic E-state index is 13.5. The van der Waals surface area contributed by atoms with Gasteiger partial charge in [-0.05, 0) is 25.0 Å². The van der Waals surface area contributed by atoms with Crippen LogP contribution in [0.4, 0.5) is 5.82 Å². The zero-order chi connectivity index (χ0) is 20.2. The second-order valence-electron chi connectivity index (χ2n) is 7.48. The molecule has 1 fully saturated rings. The van der Waals surface area contributed by atoms with E-state index >= 15 is 0 Å². The van der Waals surface area contributed by atoms with Gasteiger partial charge in [-0.3, -0.25) is 4.79 Å². The van der Waals surface area contributed by atoms with Crippen LogP contribution in [-0.4, -0.2) is 47.0 Å². The van der Waals surface area contributed by atoms with E-state index in [2.05, 4.69) is 14.9 Å². The minimum Gasteiger partial charge on any atom is -0.353 e. The average Bonchev–Trinajstić information content (AvgIpc) is 2.75. The molecule has 1 aliphatic rings. The molecule has 5 nitrogen and oxygen atoms in total. The molecule has 0 radical (unpaired) electrons. The predicted octanol–water partition coefficient (Wildman–Crippen LogP) is 3.57. The lowest BCUT2D eigenvalue weighted by atomic mass is 9.90. The van der Waals surface area contributed by atoms with Gasteiger partial charge in [0.15, 0.2) is 0 Å². The van der Waals surface area contributed by atoms with Gasteiger partial charge in [0.2, 0.25) is 5.91 Å². The maximum Gasteiger partial charge on any atom is 0.234 e. The molecular weight excluding hydrogens is 360 g/mol. The number of hydrogen-bond acceptors (Lipinski definition) is 4. The van der Waals surface area contributed by atoms with Crippen LogP contribution in [0.2, 0.25) is 0 Å². The molecule has 1 amide bonds. The third kappa shape index (κ3) is 4.29. The van der Waals surface area contributed by atoms with Crippen molar-refractivity contribution in [3.05, 3.63) is 89.4 Å². The highest BCUT2D eigenvalue weighted by atomic mass is 16.2. The van der Waals surface area contributed by atoms with Crippen LogP contribution in [0.3, 0.4) is 0 Å². The summed E-state index contributed by atoms with van der Waals surface area (Å²) in [6.45, 7) is 6.84. The van der Waals surface area contributed by atoms with Crippen molar-refractivity contribution in [1.82, 2.24) is 14.9 Å². The molecule has 148 valence electrons. The molecule has 5 heteroatoms. The van der Waals surface area contributed by atoms with E-state index in [-0.39, 0.29) is 11.8 Å². The van der Waals surface area contributed by atoms with Crippen LogP contribution in [0.5, 0.6) is 0 Å². The van der Waals surface area contributed by atoms with Crippen LogP contribution < -0.4 is 4.90 Å². The van der Waals surface area contributed by atoms with E-state index in [9.17, 15) is 4.79 Å². The summed E-state index contributed by atoms with van der Waals surface area (Å²) < 4.78 is 0. The number of nitrogens with zero attached hydrogens (tertiary/aromatic N) is 4. The van der Waals surface area contributed by atoms with Crippen molar-refractivity contribution < 1.29 is 4.79 Å². The van der Waals surface area contributed by atoms with Crippen LogP contribution in [0.25, 0.3) is 0 Å². The molecular formula is C24H26N4O. The first-order valence-corrected chi connectivity index (χ1v) is 10.1. The summed E-state index contributed by atoms with van der Waals surface area (Å²) in [5.74, 6) is 1.63. The second kappa shape index (κ2) is 8.43. The van der Waals surface area contributed by atoms with E-state index < -0.39 is 0 Å². The predicted molar refractivity (Wildman–Crippen MR) is 115 cm³/mol. The summed E-state index contributed by atoms with van der Waals surface area (Å²) in [6.07, 6.45) is 0. The Morgan fingerprint density at radius 1 is 0.828 bits per heavy atom. The summed E-state index contributed by atoms with van der Waals surface area (Å²) in [5, 5.41) is 0. The SMILES string of the molecule is Cc1cc(N2CCN(C(=O)C(c3ccccc3)c3ccccc3)CC2)nc(C)n1. The molecule has 0 N–H and O–H groups in total. The van der Waals surface area contributed by atoms with Crippen LogP contribution >= 0.6 is 0 Å². The van der Waals surface area contributed by atoms with Crippen LogP contribution in [0.15, 0.2) is 66.7 Å². The van der Waals surface area contributed by atoms with Crippen LogP contribution in [-0.2, 0) is 4.79 Å². The highest BCUT2D eigenvalue weighted by molar-refractivity contribution is 5.87. The molecule has 0 atom stereocenters. The molecule has 0 spiro atoms. The number of carbonyl (C=O) groups excluding carboxylic acids is 1. The monoisotopic (exact) mass is 386 g/mol. The van der Waals surface area contributed by atoms with Gasteiger partial charge in [-0.25, -0.2) is 9.97 Å². The first-order chi connectivity index (χ1) is 14.1. The summed E-state index contributed by atoms with van der Waals surface area (Å²) in [5.41, 5.74) is 3.04. The normalized spacial score (nSPS) is 14.3. The van der Waals surface area contributed by atoms with Crippen molar-refractivity contribution in [2.45, 2.75) is 19.8 Å². The van der Waals surface area contributed by atoms with Gasteiger partial charge in [0.1, 0.15) is 11.6 Å². The van der Waals surface area contributed by atoms with Crippen molar-refractivity contribution in [2.75, 3.05) is 31.1 Å². The maximum atomic E-state index is 13.5. The fourth-order valence-corrected chi connectivity index (χ4v) is 3.97. The van der Waals surface area contributed by atoms with Crippen molar-refractivity contribution in [1.29, 1.82) is 0 Å². The Morgan fingerprint density at radius 2 is 1.38 bits per heavy atom. The Bertz CT molecular complexity index is 907. The van der Waals surface area contributed by atoms with Gasteiger partial charge in [0.05, 0.1) is 5.92 Å². The third-order valence-electron chi connectivity index (χ3n) is 5.38. The fourth-order valence-electron chi connectivity index (χ4n) is 3.97. The first-order valence-electron chi connectivity index (χ1n) is 10.1. The lowest BCUT2D eigenvalue weighted by molar-refractivity contribution is -0.132. The van der Waals surface area contributed by atoms with E-state index in [4.69, 9.17) is 0 Å². The zero-order valence-corrected chi connectivity index (χ0v) is 17.0. The van der Waals surface area contributed by atoms with Gasteiger partial charge in [0.25, 0.3) is 0 Å². The smallest absolute Gasteiger partial charge is 0.234 e. The summed E-state index contributed by atoms with van der Waals surface area (Å²) in [7, 11) is 0. The van der Waals surface area contributed by atoms with Gasteiger partial charge in [-0.1, -0.05) is 60.7 Å². The topological polar surface area (TPSA) is 49.3 Å². The van der Waals surface area contributed by atoms with E-state index in [1.807, 2.05) is 85.5 Å². The molecule has 4 rings (SSSR count). The van der Waals surface area contributed by atoms with Gasteiger partial charge < -0.3 is 9.80 Å². The Hall–Kier alpha value is -3.21. The van der Waals surface area contributed by atoms with Crippen molar-refractivity contribution in [3.63, 3.8) is 0 Å². The van der Waals surface area contributed by atoms with Gasteiger partial charge in [0, 0.05) is 37.9 Å².